The Morgan fingerprint density at radius 2 is 2.26 bits per heavy atom. The van der Waals surface area contributed by atoms with E-state index in [4.69, 9.17) is 18.0 Å². The molecule has 0 fully saturated rings. The maximum atomic E-state index is 11.5. The summed E-state index contributed by atoms with van der Waals surface area (Å²) in [6.45, 7) is 0. The van der Waals surface area contributed by atoms with E-state index in [2.05, 4.69) is 16.2 Å². The van der Waals surface area contributed by atoms with Crippen LogP contribution in [0, 0.1) is 12.3 Å². The second-order valence-electron chi connectivity index (χ2n) is 3.88. The molecular weight excluding hydrogens is 288 g/mol. The van der Waals surface area contributed by atoms with Crippen LogP contribution in [0.3, 0.4) is 0 Å². The highest BCUT2D eigenvalue weighted by atomic mass is 35.5. The van der Waals surface area contributed by atoms with Gasteiger partial charge in [0.05, 0.1) is 9.92 Å². The summed E-state index contributed by atoms with van der Waals surface area (Å²) in [5.41, 5.74) is 0. The van der Waals surface area contributed by atoms with Crippen molar-refractivity contribution in [2.24, 2.45) is 0 Å². The SMILES string of the molecule is C#CCCCC(=O)Nc1ncc(S(C)(=O)=O)cc1Cl. The van der Waals surface area contributed by atoms with E-state index in [1.807, 2.05) is 0 Å². The quantitative estimate of drug-likeness (QED) is 0.665. The Hall–Kier alpha value is -1.58. The van der Waals surface area contributed by atoms with Gasteiger partial charge >= 0.3 is 0 Å². The Morgan fingerprint density at radius 3 is 2.79 bits per heavy atom. The number of hydrogen-bond donors (Lipinski definition) is 1. The average molecular weight is 301 g/mol. The largest absolute Gasteiger partial charge is 0.309 e. The Kier molecular flexibility index (Phi) is 5.33. The van der Waals surface area contributed by atoms with Gasteiger partial charge in [-0.2, -0.15) is 0 Å². The number of sulfone groups is 1. The second-order valence-corrected chi connectivity index (χ2v) is 6.30. The molecule has 1 heterocycles. The number of hydrogen-bond acceptors (Lipinski definition) is 4. The van der Waals surface area contributed by atoms with Crippen molar-refractivity contribution in [3.63, 3.8) is 0 Å². The molecule has 5 nitrogen and oxygen atoms in total. The lowest BCUT2D eigenvalue weighted by molar-refractivity contribution is -0.116. The van der Waals surface area contributed by atoms with Crippen LogP contribution >= 0.6 is 11.6 Å². The maximum Gasteiger partial charge on any atom is 0.225 e. The van der Waals surface area contributed by atoms with Gasteiger partial charge in [-0.15, -0.1) is 12.3 Å². The molecule has 0 spiro atoms. The molecule has 1 rings (SSSR count). The summed E-state index contributed by atoms with van der Waals surface area (Å²) in [5, 5.41) is 2.58. The Balaban J connectivity index is 2.76. The van der Waals surface area contributed by atoms with E-state index in [9.17, 15) is 13.2 Å². The van der Waals surface area contributed by atoms with Crippen LogP contribution in [0.2, 0.25) is 5.02 Å². The van der Waals surface area contributed by atoms with Crippen molar-refractivity contribution in [3.8, 4) is 12.3 Å². The first-order valence-corrected chi connectivity index (χ1v) is 7.70. The van der Waals surface area contributed by atoms with E-state index in [0.717, 1.165) is 12.5 Å². The van der Waals surface area contributed by atoms with Crippen LogP contribution in [0.4, 0.5) is 5.82 Å². The van der Waals surface area contributed by atoms with Gasteiger partial charge in [-0.05, 0) is 12.5 Å². The number of terminal acetylenes is 1. The van der Waals surface area contributed by atoms with E-state index in [-0.39, 0.29) is 28.1 Å². The van der Waals surface area contributed by atoms with E-state index in [1.54, 1.807) is 0 Å². The van der Waals surface area contributed by atoms with Gasteiger partial charge in [0.15, 0.2) is 15.7 Å². The molecule has 0 saturated carbocycles. The molecule has 1 N–H and O–H groups in total. The van der Waals surface area contributed by atoms with Crippen LogP contribution in [0.25, 0.3) is 0 Å². The first kappa shape index (κ1) is 15.5. The number of nitrogens with one attached hydrogen (secondary N) is 1. The predicted octanol–water partition coefficient (Wildman–Crippen LogP) is 1.88. The van der Waals surface area contributed by atoms with Crippen molar-refractivity contribution in [3.05, 3.63) is 17.3 Å². The number of carbonyl (C=O) groups excluding carboxylic acids is 1. The Bertz CT molecular complexity index is 620. The lowest BCUT2D eigenvalue weighted by Crippen LogP contribution is -2.13. The van der Waals surface area contributed by atoms with Gasteiger partial charge < -0.3 is 5.32 Å². The number of pyridine rings is 1. The zero-order chi connectivity index (χ0) is 14.5. The lowest BCUT2D eigenvalue weighted by Gasteiger charge is -2.07. The smallest absolute Gasteiger partial charge is 0.225 e. The molecular formula is C12H13ClN2O3S. The summed E-state index contributed by atoms with van der Waals surface area (Å²) in [6.07, 6.45) is 8.63. The second kappa shape index (κ2) is 6.55. The van der Waals surface area contributed by atoms with Crippen LogP contribution in [0.1, 0.15) is 19.3 Å². The third-order valence-electron chi connectivity index (χ3n) is 2.23. The molecule has 0 saturated heterocycles. The van der Waals surface area contributed by atoms with E-state index in [0.29, 0.717) is 12.8 Å². The number of nitrogens with zero attached hydrogens (tertiary/aromatic N) is 1. The zero-order valence-corrected chi connectivity index (χ0v) is 11.9. The predicted molar refractivity (Wildman–Crippen MR) is 73.7 cm³/mol. The number of unbranched alkanes of at least 4 members (excludes halogenated alkanes) is 1. The molecule has 0 atom stereocenters. The van der Waals surface area contributed by atoms with Crippen LogP contribution in [-0.4, -0.2) is 25.6 Å². The molecule has 0 radical (unpaired) electrons. The zero-order valence-electron chi connectivity index (χ0n) is 10.3. The molecule has 0 bridgehead atoms. The maximum absolute atomic E-state index is 11.5. The van der Waals surface area contributed by atoms with Crippen LogP contribution in [0.5, 0.6) is 0 Å². The minimum absolute atomic E-state index is 0.00262. The molecule has 0 aliphatic heterocycles. The van der Waals surface area contributed by atoms with Crippen molar-refractivity contribution >= 4 is 33.2 Å². The summed E-state index contributed by atoms with van der Waals surface area (Å²) in [7, 11) is -3.37. The number of aromatic nitrogens is 1. The molecule has 1 aromatic rings. The monoisotopic (exact) mass is 300 g/mol. The number of rotatable bonds is 5. The van der Waals surface area contributed by atoms with E-state index < -0.39 is 9.84 Å². The van der Waals surface area contributed by atoms with Crippen LogP contribution in [-0.2, 0) is 14.6 Å². The normalized spacial score (nSPS) is 10.8. The van der Waals surface area contributed by atoms with Gasteiger partial charge in [-0.3, -0.25) is 4.79 Å². The third-order valence-corrected chi connectivity index (χ3v) is 3.59. The highest BCUT2D eigenvalue weighted by Gasteiger charge is 2.12. The van der Waals surface area contributed by atoms with Gasteiger partial charge in [-0.1, -0.05) is 11.6 Å². The molecule has 0 aromatic carbocycles. The van der Waals surface area contributed by atoms with Crippen molar-refractivity contribution in [1.82, 2.24) is 4.98 Å². The molecule has 0 unspecified atom stereocenters. The summed E-state index contributed by atoms with van der Waals surface area (Å²) in [4.78, 5) is 15.4. The molecule has 7 heteroatoms. The van der Waals surface area contributed by atoms with Crippen molar-refractivity contribution in [2.45, 2.75) is 24.2 Å². The summed E-state index contributed by atoms with van der Waals surface area (Å²) in [6, 6.07) is 1.25. The van der Waals surface area contributed by atoms with Gasteiger partial charge in [0.2, 0.25) is 5.91 Å². The minimum atomic E-state index is -3.37. The van der Waals surface area contributed by atoms with Crippen LogP contribution < -0.4 is 5.32 Å². The standard InChI is InChI=1S/C12H13ClN2O3S/c1-3-4-5-6-11(16)15-12-10(13)7-9(8-14-12)19(2,17)18/h1,7-8H,4-6H2,2H3,(H,14,15,16). The molecule has 19 heavy (non-hydrogen) atoms. The first-order valence-electron chi connectivity index (χ1n) is 5.43. The number of halogens is 1. The highest BCUT2D eigenvalue weighted by Crippen LogP contribution is 2.22. The third kappa shape index (κ3) is 4.89. The fourth-order valence-electron chi connectivity index (χ4n) is 1.26. The van der Waals surface area contributed by atoms with Gasteiger partial charge in [-0.25, -0.2) is 13.4 Å². The molecule has 0 aliphatic rings. The topological polar surface area (TPSA) is 76.1 Å². The Morgan fingerprint density at radius 1 is 1.58 bits per heavy atom. The summed E-state index contributed by atoms with van der Waals surface area (Å²) < 4.78 is 22.6. The summed E-state index contributed by atoms with van der Waals surface area (Å²) in [5.74, 6) is 2.31. The number of anilines is 1. The number of amides is 1. The van der Waals surface area contributed by atoms with Crippen molar-refractivity contribution in [1.29, 1.82) is 0 Å². The first-order chi connectivity index (χ1) is 8.84. The summed E-state index contributed by atoms with van der Waals surface area (Å²) >= 11 is 5.87. The molecule has 0 aliphatic carbocycles. The van der Waals surface area contributed by atoms with E-state index in [1.165, 1.54) is 6.07 Å². The average Bonchev–Trinajstić information content (AvgIpc) is 2.31. The molecule has 102 valence electrons. The molecule has 1 aromatic heterocycles. The van der Waals surface area contributed by atoms with Crippen molar-refractivity contribution < 1.29 is 13.2 Å². The Labute approximate surface area is 117 Å². The van der Waals surface area contributed by atoms with Gasteiger partial charge in [0.1, 0.15) is 0 Å². The number of carbonyl (C=O) groups is 1. The minimum Gasteiger partial charge on any atom is -0.309 e. The van der Waals surface area contributed by atoms with E-state index >= 15 is 0 Å². The van der Waals surface area contributed by atoms with Gasteiger partial charge in [0, 0.05) is 25.3 Å². The molecule has 1 amide bonds. The van der Waals surface area contributed by atoms with Crippen molar-refractivity contribution in [2.75, 3.05) is 11.6 Å². The highest BCUT2D eigenvalue weighted by molar-refractivity contribution is 7.90. The fraction of sp³-hybridized carbons (Fsp3) is 0.333. The lowest BCUT2D eigenvalue weighted by atomic mass is 10.2. The fourth-order valence-corrected chi connectivity index (χ4v) is 2.12. The van der Waals surface area contributed by atoms with Crippen LogP contribution in [0.15, 0.2) is 17.2 Å². The van der Waals surface area contributed by atoms with Gasteiger partial charge in [0.25, 0.3) is 0 Å².